The first kappa shape index (κ1) is 12.5. The Morgan fingerprint density at radius 2 is 2.07 bits per heavy atom. The van der Waals surface area contributed by atoms with Crippen LogP contribution in [0.1, 0.15) is 55.2 Å². The van der Waals surface area contributed by atoms with Crippen molar-refractivity contribution < 1.29 is 0 Å². The number of allylic oxidation sites excluding steroid dienone is 2. The van der Waals surface area contributed by atoms with E-state index in [4.69, 9.17) is 0 Å². The Morgan fingerprint density at radius 1 is 1.27 bits per heavy atom. The van der Waals surface area contributed by atoms with E-state index in [0.717, 1.165) is 12.3 Å². The minimum atomic E-state index is 0.747. The minimum absolute atomic E-state index is 0.747. The van der Waals surface area contributed by atoms with Gasteiger partial charge in [0.25, 0.3) is 0 Å². The molecule has 0 aliphatic rings. The summed E-state index contributed by atoms with van der Waals surface area (Å²) < 4.78 is 0. The molecule has 1 aromatic rings. The second kappa shape index (κ2) is 6.84. The quantitative estimate of drug-likeness (QED) is 0.573. The summed E-state index contributed by atoms with van der Waals surface area (Å²) in [5, 5.41) is 0. The van der Waals surface area contributed by atoms with E-state index in [1.165, 1.54) is 24.1 Å². The highest BCUT2D eigenvalue weighted by Gasteiger charge is 2.10. The van der Waals surface area contributed by atoms with Crippen LogP contribution in [0, 0.1) is 6.92 Å². The predicted octanol–water partition coefficient (Wildman–Crippen LogP) is 5.30. The second-order valence-electron chi connectivity index (χ2n) is 4.05. The van der Waals surface area contributed by atoms with E-state index < -0.39 is 0 Å². The molecule has 0 fully saturated rings. The molecular weight excluding hydrogens is 200 g/mol. The van der Waals surface area contributed by atoms with Gasteiger partial charge in [0.1, 0.15) is 0 Å². The first-order chi connectivity index (χ1) is 7.27. The minimum Gasteiger partial charge on any atom is -0.145 e. The lowest BCUT2D eigenvalue weighted by Crippen LogP contribution is -1.93. The highest BCUT2D eigenvalue weighted by Crippen LogP contribution is 2.31. The third kappa shape index (κ3) is 4.21. The number of rotatable bonds is 6. The highest BCUT2D eigenvalue weighted by molar-refractivity contribution is 7.12. The standard InChI is InChI=1S/C14H22S/c1-4-6-7-9-13(8-5-2)14-11-10-12(3)15-14/h6-7,10-11,13H,4-5,8-9H2,1-3H3/b7-6-. The molecule has 0 aromatic carbocycles. The predicted molar refractivity (Wildman–Crippen MR) is 70.8 cm³/mol. The molecule has 0 nitrogen and oxygen atoms in total. The molecule has 1 unspecified atom stereocenters. The fourth-order valence-electron chi connectivity index (χ4n) is 1.82. The van der Waals surface area contributed by atoms with Crippen molar-refractivity contribution in [3.63, 3.8) is 0 Å². The van der Waals surface area contributed by atoms with Crippen molar-refractivity contribution in [1.29, 1.82) is 0 Å². The van der Waals surface area contributed by atoms with Crippen LogP contribution >= 0.6 is 11.3 Å². The van der Waals surface area contributed by atoms with Crippen LogP contribution in [0.25, 0.3) is 0 Å². The van der Waals surface area contributed by atoms with Crippen molar-refractivity contribution in [1.82, 2.24) is 0 Å². The van der Waals surface area contributed by atoms with E-state index in [1.807, 2.05) is 11.3 Å². The highest BCUT2D eigenvalue weighted by atomic mass is 32.1. The fourth-order valence-corrected chi connectivity index (χ4v) is 2.85. The first-order valence-corrected chi connectivity index (χ1v) is 6.80. The molecule has 0 amide bonds. The Kier molecular flexibility index (Phi) is 5.70. The maximum atomic E-state index is 2.34. The van der Waals surface area contributed by atoms with Crippen LogP contribution in [0.4, 0.5) is 0 Å². The number of thiophene rings is 1. The summed E-state index contributed by atoms with van der Waals surface area (Å²) >= 11 is 1.96. The zero-order valence-corrected chi connectivity index (χ0v) is 10.9. The first-order valence-electron chi connectivity index (χ1n) is 5.99. The zero-order chi connectivity index (χ0) is 11.1. The van der Waals surface area contributed by atoms with Gasteiger partial charge in [0.15, 0.2) is 0 Å². The molecular formula is C14H22S. The molecule has 1 aromatic heterocycles. The van der Waals surface area contributed by atoms with Gasteiger partial charge in [-0.05, 0) is 44.2 Å². The summed E-state index contributed by atoms with van der Waals surface area (Å²) in [4.78, 5) is 3.00. The molecule has 15 heavy (non-hydrogen) atoms. The van der Waals surface area contributed by atoms with Crippen molar-refractivity contribution in [2.45, 2.75) is 52.4 Å². The van der Waals surface area contributed by atoms with E-state index in [9.17, 15) is 0 Å². The topological polar surface area (TPSA) is 0 Å². The Bertz CT molecular complexity index is 296. The van der Waals surface area contributed by atoms with Crippen LogP contribution in [-0.4, -0.2) is 0 Å². The maximum Gasteiger partial charge on any atom is 0.00821 e. The summed E-state index contributed by atoms with van der Waals surface area (Å²) in [7, 11) is 0. The summed E-state index contributed by atoms with van der Waals surface area (Å²) in [5.41, 5.74) is 0. The smallest absolute Gasteiger partial charge is 0.00821 e. The largest absolute Gasteiger partial charge is 0.145 e. The van der Waals surface area contributed by atoms with Gasteiger partial charge < -0.3 is 0 Å². The molecule has 0 saturated heterocycles. The fraction of sp³-hybridized carbons (Fsp3) is 0.571. The molecule has 1 rings (SSSR count). The number of hydrogen-bond acceptors (Lipinski definition) is 1. The third-order valence-electron chi connectivity index (χ3n) is 2.62. The van der Waals surface area contributed by atoms with Crippen molar-refractivity contribution in [3.05, 3.63) is 34.0 Å². The number of aryl methyl sites for hydroxylation is 1. The Labute approximate surface area is 98.0 Å². The molecule has 0 radical (unpaired) electrons. The second-order valence-corrected chi connectivity index (χ2v) is 5.37. The van der Waals surface area contributed by atoms with Crippen LogP contribution < -0.4 is 0 Å². The summed E-state index contributed by atoms with van der Waals surface area (Å²) in [6.45, 7) is 6.66. The molecule has 1 atom stereocenters. The molecule has 0 N–H and O–H groups in total. The average Bonchev–Trinajstić information content (AvgIpc) is 2.64. The molecule has 0 bridgehead atoms. The molecule has 1 heterocycles. The molecule has 84 valence electrons. The number of hydrogen-bond donors (Lipinski definition) is 0. The molecule has 1 heteroatoms. The lowest BCUT2D eigenvalue weighted by molar-refractivity contribution is 0.629. The molecule has 0 spiro atoms. The van der Waals surface area contributed by atoms with E-state index >= 15 is 0 Å². The monoisotopic (exact) mass is 222 g/mol. The SMILES string of the molecule is CC/C=C\CC(CCC)c1ccc(C)s1. The van der Waals surface area contributed by atoms with E-state index in [0.29, 0.717) is 0 Å². The third-order valence-corrected chi connectivity index (χ3v) is 3.79. The van der Waals surface area contributed by atoms with Gasteiger partial charge in [0, 0.05) is 9.75 Å². The van der Waals surface area contributed by atoms with Gasteiger partial charge in [-0.2, -0.15) is 0 Å². The molecule has 0 aliphatic carbocycles. The van der Waals surface area contributed by atoms with Crippen LogP contribution in [0.5, 0.6) is 0 Å². The van der Waals surface area contributed by atoms with Gasteiger partial charge in [-0.1, -0.05) is 32.4 Å². The van der Waals surface area contributed by atoms with Gasteiger partial charge in [0.2, 0.25) is 0 Å². The molecule has 0 saturated carbocycles. The van der Waals surface area contributed by atoms with Gasteiger partial charge in [-0.3, -0.25) is 0 Å². The lowest BCUT2D eigenvalue weighted by atomic mass is 9.98. The van der Waals surface area contributed by atoms with Crippen molar-refractivity contribution >= 4 is 11.3 Å². The van der Waals surface area contributed by atoms with E-state index in [2.05, 4.69) is 45.1 Å². The van der Waals surface area contributed by atoms with E-state index in [-0.39, 0.29) is 0 Å². The van der Waals surface area contributed by atoms with Crippen molar-refractivity contribution in [2.75, 3.05) is 0 Å². The van der Waals surface area contributed by atoms with Crippen LogP contribution in [0.15, 0.2) is 24.3 Å². The maximum absolute atomic E-state index is 2.34. The lowest BCUT2D eigenvalue weighted by Gasteiger charge is -2.11. The summed E-state index contributed by atoms with van der Waals surface area (Å²) in [6.07, 6.45) is 9.58. The van der Waals surface area contributed by atoms with E-state index in [1.54, 1.807) is 4.88 Å². The zero-order valence-electron chi connectivity index (χ0n) is 10.1. The summed E-state index contributed by atoms with van der Waals surface area (Å²) in [5.74, 6) is 0.747. The Balaban J connectivity index is 2.61. The summed E-state index contributed by atoms with van der Waals surface area (Å²) in [6, 6.07) is 4.55. The normalized spacial score (nSPS) is 13.5. The molecule has 0 aliphatic heterocycles. The van der Waals surface area contributed by atoms with Crippen LogP contribution in [-0.2, 0) is 0 Å². The van der Waals surface area contributed by atoms with Crippen LogP contribution in [0.2, 0.25) is 0 Å². The van der Waals surface area contributed by atoms with Gasteiger partial charge in [-0.25, -0.2) is 0 Å². The average molecular weight is 222 g/mol. The Hall–Kier alpha value is -0.560. The van der Waals surface area contributed by atoms with Gasteiger partial charge in [0.05, 0.1) is 0 Å². The van der Waals surface area contributed by atoms with Gasteiger partial charge >= 0.3 is 0 Å². The van der Waals surface area contributed by atoms with Crippen LogP contribution in [0.3, 0.4) is 0 Å². The van der Waals surface area contributed by atoms with Gasteiger partial charge in [-0.15, -0.1) is 11.3 Å². The van der Waals surface area contributed by atoms with Crippen molar-refractivity contribution in [2.24, 2.45) is 0 Å². The Morgan fingerprint density at radius 3 is 2.60 bits per heavy atom. The van der Waals surface area contributed by atoms with Crippen molar-refractivity contribution in [3.8, 4) is 0 Å².